The third-order valence-electron chi connectivity index (χ3n) is 3.69. The summed E-state index contributed by atoms with van der Waals surface area (Å²) in [6.07, 6.45) is 0.159. The molecule has 1 aromatic carbocycles. The van der Waals surface area contributed by atoms with Crippen LogP contribution in [0.15, 0.2) is 12.1 Å². The number of hydrogen-bond donors (Lipinski definition) is 1. The summed E-state index contributed by atoms with van der Waals surface area (Å²) in [7, 11) is 0. The largest absolute Gasteiger partial charge is 0.481 e. The number of rotatable bonds is 6. The van der Waals surface area contributed by atoms with Crippen molar-refractivity contribution in [1.82, 2.24) is 4.90 Å². The number of carboxylic acid groups (broad SMARTS) is 1. The van der Waals surface area contributed by atoms with Crippen LogP contribution in [0.2, 0.25) is 0 Å². The molecule has 0 fully saturated rings. The number of aliphatic carboxylic acids is 1. The van der Waals surface area contributed by atoms with Crippen molar-refractivity contribution < 1.29 is 9.90 Å². The fourth-order valence-corrected chi connectivity index (χ4v) is 2.96. The molecule has 1 aromatic rings. The van der Waals surface area contributed by atoms with Gasteiger partial charge in [0.25, 0.3) is 0 Å². The Morgan fingerprint density at radius 1 is 1.16 bits per heavy atom. The maximum Gasteiger partial charge on any atom is 0.305 e. The molecule has 1 atom stereocenters. The van der Waals surface area contributed by atoms with Crippen LogP contribution in [0.25, 0.3) is 0 Å². The molecule has 19 heavy (non-hydrogen) atoms. The van der Waals surface area contributed by atoms with Crippen LogP contribution in [-0.2, 0) is 4.79 Å². The average Bonchev–Trinajstić information content (AvgIpc) is 2.28. The number of carboxylic acids is 1. The molecule has 0 radical (unpaired) electrons. The summed E-state index contributed by atoms with van der Waals surface area (Å²) < 4.78 is 0. The average molecular weight is 263 g/mol. The molecule has 0 amide bonds. The molecule has 0 saturated carbocycles. The quantitative estimate of drug-likeness (QED) is 0.854. The van der Waals surface area contributed by atoms with Crippen LogP contribution in [0, 0.1) is 20.8 Å². The minimum absolute atomic E-state index is 0.0342. The lowest BCUT2D eigenvalue weighted by Gasteiger charge is -2.31. The van der Waals surface area contributed by atoms with E-state index in [2.05, 4.69) is 51.7 Å². The van der Waals surface area contributed by atoms with Gasteiger partial charge in [0.1, 0.15) is 0 Å². The molecule has 3 nitrogen and oxygen atoms in total. The van der Waals surface area contributed by atoms with Crippen molar-refractivity contribution in [1.29, 1.82) is 0 Å². The molecule has 0 aromatic heterocycles. The van der Waals surface area contributed by atoms with Crippen LogP contribution in [0.4, 0.5) is 0 Å². The van der Waals surface area contributed by atoms with E-state index in [1.807, 2.05) is 0 Å². The maximum atomic E-state index is 11.2. The van der Waals surface area contributed by atoms with E-state index >= 15 is 0 Å². The summed E-state index contributed by atoms with van der Waals surface area (Å²) in [6, 6.07) is 4.24. The monoisotopic (exact) mass is 263 g/mol. The molecule has 0 aliphatic rings. The van der Waals surface area contributed by atoms with E-state index in [9.17, 15) is 9.90 Å². The van der Waals surface area contributed by atoms with E-state index in [-0.39, 0.29) is 12.5 Å². The molecule has 106 valence electrons. The van der Waals surface area contributed by atoms with Crippen LogP contribution in [0.5, 0.6) is 0 Å². The molecular weight excluding hydrogens is 238 g/mol. The highest BCUT2D eigenvalue weighted by Gasteiger charge is 2.24. The van der Waals surface area contributed by atoms with Gasteiger partial charge in [-0.15, -0.1) is 0 Å². The lowest BCUT2D eigenvalue weighted by molar-refractivity contribution is -0.138. The maximum absolute atomic E-state index is 11.2. The van der Waals surface area contributed by atoms with Gasteiger partial charge in [-0.25, -0.2) is 0 Å². The molecule has 0 aliphatic carbocycles. The van der Waals surface area contributed by atoms with E-state index < -0.39 is 5.97 Å². The smallest absolute Gasteiger partial charge is 0.305 e. The zero-order valence-electron chi connectivity index (χ0n) is 12.7. The van der Waals surface area contributed by atoms with Gasteiger partial charge >= 0.3 is 5.97 Å². The molecule has 1 rings (SSSR count). The van der Waals surface area contributed by atoms with E-state index in [1.165, 1.54) is 22.3 Å². The Morgan fingerprint density at radius 2 is 1.63 bits per heavy atom. The topological polar surface area (TPSA) is 40.5 Å². The normalized spacial score (nSPS) is 12.7. The van der Waals surface area contributed by atoms with E-state index in [0.29, 0.717) is 0 Å². The Kier molecular flexibility index (Phi) is 5.55. The van der Waals surface area contributed by atoms with E-state index in [1.54, 1.807) is 0 Å². The fraction of sp³-hybridized carbons (Fsp3) is 0.562. The second-order valence-electron chi connectivity index (χ2n) is 5.15. The van der Waals surface area contributed by atoms with Gasteiger partial charge in [0.15, 0.2) is 0 Å². The van der Waals surface area contributed by atoms with Gasteiger partial charge in [0, 0.05) is 6.04 Å². The van der Waals surface area contributed by atoms with E-state index in [0.717, 1.165) is 13.1 Å². The highest BCUT2D eigenvalue weighted by Crippen LogP contribution is 2.30. The third kappa shape index (κ3) is 3.80. The highest BCUT2D eigenvalue weighted by molar-refractivity contribution is 5.68. The van der Waals surface area contributed by atoms with Crippen LogP contribution >= 0.6 is 0 Å². The zero-order chi connectivity index (χ0) is 14.6. The predicted molar refractivity (Wildman–Crippen MR) is 78.6 cm³/mol. The minimum atomic E-state index is -0.740. The van der Waals surface area contributed by atoms with E-state index in [4.69, 9.17) is 0 Å². The standard InChI is InChI=1S/C16H25NO2/c1-6-17(7-2)14(10-15(18)19)16-12(4)8-11(3)9-13(16)5/h8-9,14H,6-7,10H2,1-5H3,(H,18,19). The van der Waals surface area contributed by atoms with Gasteiger partial charge in [-0.05, 0) is 50.6 Å². The summed E-state index contributed by atoms with van der Waals surface area (Å²) in [6.45, 7) is 12.1. The summed E-state index contributed by atoms with van der Waals surface area (Å²) >= 11 is 0. The summed E-state index contributed by atoms with van der Waals surface area (Å²) in [4.78, 5) is 13.4. The summed E-state index contributed by atoms with van der Waals surface area (Å²) in [5, 5.41) is 9.19. The second kappa shape index (κ2) is 6.71. The number of hydrogen-bond acceptors (Lipinski definition) is 2. The Balaban J connectivity index is 3.27. The van der Waals surface area contributed by atoms with Crippen molar-refractivity contribution in [3.63, 3.8) is 0 Å². The molecule has 3 heteroatoms. The first-order valence-corrected chi connectivity index (χ1v) is 6.94. The van der Waals surface area contributed by atoms with Crippen molar-refractivity contribution in [3.8, 4) is 0 Å². The Hall–Kier alpha value is -1.35. The highest BCUT2D eigenvalue weighted by atomic mass is 16.4. The molecule has 1 unspecified atom stereocenters. The van der Waals surface area contributed by atoms with Gasteiger partial charge in [-0.3, -0.25) is 9.69 Å². The lowest BCUT2D eigenvalue weighted by Crippen LogP contribution is -2.31. The number of aryl methyl sites for hydroxylation is 3. The first-order chi connectivity index (χ1) is 8.90. The second-order valence-corrected chi connectivity index (χ2v) is 5.15. The molecular formula is C16H25NO2. The van der Waals surface area contributed by atoms with Crippen LogP contribution in [0.1, 0.15) is 48.6 Å². The molecule has 0 heterocycles. The first kappa shape index (κ1) is 15.7. The molecule has 0 saturated heterocycles. The number of benzene rings is 1. The molecule has 0 bridgehead atoms. The summed E-state index contributed by atoms with van der Waals surface area (Å²) in [5.41, 5.74) is 4.79. The van der Waals surface area contributed by atoms with Crippen molar-refractivity contribution >= 4 is 5.97 Å². The Morgan fingerprint density at radius 3 is 2.00 bits per heavy atom. The first-order valence-electron chi connectivity index (χ1n) is 6.94. The molecule has 1 N–H and O–H groups in total. The SMILES string of the molecule is CCN(CC)C(CC(=O)O)c1c(C)cc(C)cc1C. The van der Waals surface area contributed by atoms with Gasteiger partial charge in [-0.2, -0.15) is 0 Å². The molecule has 0 aliphatic heterocycles. The van der Waals surface area contributed by atoms with Crippen LogP contribution in [-0.4, -0.2) is 29.1 Å². The van der Waals surface area contributed by atoms with Crippen molar-refractivity contribution in [2.75, 3.05) is 13.1 Å². The number of nitrogens with zero attached hydrogens (tertiary/aromatic N) is 1. The van der Waals surface area contributed by atoms with Gasteiger partial charge in [0.2, 0.25) is 0 Å². The third-order valence-corrected chi connectivity index (χ3v) is 3.69. The van der Waals surface area contributed by atoms with Gasteiger partial charge < -0.3 is 5.11 Å². The Bertz CT molecular complexity index is 427. The summed E-state index contributed by atoms with van der Waals surface area (Å²) in [5.74, 6) is -0.740. The van der Waals surface area contributed by atoms with Gasteiger partial charge in [-0.1, -0.05) is 31.5 Å². The zero-order valence-corrected chi connectivity index (χ0v) is 12.7. The van der Waals surface area contributed by atoms with Crippen LogP contribution in [0.3, 0.4) is 0 Å². The fourth-order valence-electron chi connectivity index (χ4n) is 2.96. The van der Waals surface area contributed by atoms with Crippen molar-refractivity contribution in [2.24, 2.45) is 0 Å². The molecule has 0 spiro atoms. The minimum Gasteiger partial charge on any atom is -0.481 e. The van der Waals surface area contributed by atoms with Crippen molar-refractivity contribution in [3.05, 3.63) is 34.4 Å². The predicted octanol–water partition coefficient (Wildman–Crippen LogP) is 3.47. The van der Waals surface area contributed by atoms with Gasteiger partial charge in [0.05, 0.1) is 6.42 Å². The number of carbonyl (C=O) groups is 1. The van der Waals surface area contributed by atoms with Crippen molar-refractivity contribution in [2.45, 2.75) is 47.1 Å². The van der Waals surface area contributed by atoms with Crippen LogP contribution < -0.4 is 0 Å². The Labute approximate surface area is 116 Å². The lowest BCUT2D eigenvalue weighted by atomic mass is 9.91.